The second kappa shape index (κ2) is 7.38. The summed E-state index contributed by atoms with van der Waals surface area (Å²) < 4.78 is 66.3. The van der Waals surface area contributed by atoms with Crippen molar-refractivity contribution in [1.29, 1.82) is 0 Å². The molecule has 5 nitrogen and oxygen atoms in total. The molecule has 1 heterocycles. The van der Waals surface area contributed by atoms with Gasteiger partial charge < -0.3 is 0 Å². The van der Waals surface area contributed by atoms with Crippen LogP contribution < -0.4 is 0 Å². The number of benzene rings is 2. The van der Waals surface area contributed by atoms with Gasteiger partial charge in [0.15, 0.2) is 0 Å². The minimum atomic E-state index is -4.50. The molecule has 0 saturated carbocycles. The van der Waals surface area contributed by atoms with Crippen molar-refractivity contribution < 1.29 is 21.6 Å². The van der Waals surface area contributed by atoms with Gasteiger partial charge in [0.2, 0.25) is 0 Å². The van der Waals surface area contributed by atoms with E-state index in [4.69, 9.17) is 11.6 Å². The molecule has 10 heteroatoms. The molecule has 1 unspecified atom stereocenters. The van der Waals surface area contributed by atoms with Gasteiger partial charge >= 0.3 is 16.4 Å². The van der Waals surface area contributed by atoms with Crippen molar-refractivity contribution in [3.05, 3.63) is 70.2 Å². The van der Waals surface area contributed by atoms with Crippen LogP contribution in [0.1, 0.15) is 22.6 Å². The first-order valence-electron chi connectivity index (χ1n) is 8.22. The lowest BCUT2D eigenvalue weighted by Crippen LogP contribution is -2.36. The zero-order valence-electron chi connectivity index (χ0n) is 15.0. The fraction of sp³-hybridized carbons (Fsp3) is 0.278. The summed E-state index contributed by atoms with van der Waals surface area (Å²) in [7, 11) is -1.14. The van der Waals surface area contributed by atoms with E-state index in [9.17, 15) is 21.6 Å². The number of halogens is 4. The molecule has 0 aliphatic carbocycles. The van der Waals surface area contributed by atoms with E-state index >= 15 is 0 Å². The van der Waals surface area contributed by atoms with E-state index in [0.29, 0.717) is 21.9 Å². The average molecular weight is 432 g/mol. The first-order valence-corrected chi connectivity index (χ1v) is 9.99. The molecule has 1 aliphatic heterocycles. The predicted octanol–water partition coefficient (Wildman–Crippen LogP) is 3.97. The van der Waals surface area contributed by atoms with Crippen molar-refractivity contribution in [2.75, 3.05) is 20.6 Å². The van der Waals surface area contributed by atoms with Crippen LogP contribution in [-0.2, 0) is 16.4 Å². The normalized spacial score (nSPS) is 17.9. The topological polar surface area (TPSA) is 53.0 Å². The number of alkyl halides is 3. The summed E-state index contributed by atoms with van der Waals surface area (Å²) in [6.45, 7) is -0.0974. The van der Waals surface area contributed by atoms with Gasteiger partial charge in [-0.05, 0) is 29.3 Å². The first kappa shape index (κ1) is 20.6. The molecular formula is C18H17ClF3N3O2S. The fourth-order valence-electron chi connectivity index (χ4n) is 2.88. The molecular weight excluding hydrogens is 415 g/mol. The SMILES string of the molecule is CN(C)S(=O)(=O)N1CC(c2cccc(C(F)(F)F)c2)C(c2ccc(Cl)cc2)=N1. The van der Waals surface area contributed by atoms with Gasteiger partial charge in [0, 0.05) is 25.0 Å². The van der Waals surface area contributed by atoms with E-state index < -0.39 is 27.9 Å². The molecule has 2 aromatic carbocycles. The lowest BCUT2D eigenvalue weighted by atomic mass is 9.90. The van der Waals surface area contributed by atoms with E-state index in [2.05, 4.69) is 5.10 Å². The summed E-state index contributed by atoms with van der Waals surface area (Å²) in [5.74, 6) is -0.654. The van der Waals surface area contributed by atoms with Gasteiger partial charge in [-0.1, -0.05) is 41.9 Å². The molecule has 28 heavy (non-hydrogen) atoms. The maximum absolute atomic E-state index is 13.1. The van der Waals surface area contributed by atoms with Crippen LogP contribution in [0.2, 0.25) is 5.02 Å². The monoisotopic (exact) mass is 431 g/mol. The maximum Gasteiger partial charge on any atom is 0.416 e. The Hall–Kier alpha value is -2.10. The van der Waals surface area contributed by atoms with E-state index in [1.54, 1.807) is 24.3 Å². The molecule has 0 saturated heterocycles. The standard InChI is InChI=1S/C18H17ClF3N3O2S/c1-24(2)28(26,27)25-11-16(13-4-3-5-14(10-13)18(20,21)22)17(23-25)12-6-8-15(19)9-7-12/h3-10,16H,11H2,1-2H3. The van der Waals surface area contributed by atoms with Gasteiger partial charge in [-0.3, -0.25) is 0 Å². The van der Waals surface area contributed by atoms with Crippen LogP contribution in [0.15, 0.2) is 53.6 Å². The fourth-order valence-corrected chi connectivity index (χ4v) is 3.91. The van der Waals surface area contributed by atoms with Gasteiger partial charge in [0.05, 0.1) is 17.8 Å². The lowest BCUT2D eigenvalue weighted by molar-refractivity contribution is -0.137. The summed E-state index contributed by atoms with van der Waals surface area (Å²) in [6, 6.07) is 11.4. The summed E-state index contributed by atoms with van der Waals surface area (Å²) >= 11 is 5.91. The highest BCUT2D eigenvalue weighted by Gasteiger charge is 2.37. The van der Waals surface area contributed by atoms with Crippen LogP contribution in [0.3, 0.4) is 0 Å². The van der Waals surface area contributed by atoms with Crippen LogP contribution in [0, 0.1) is 0 Å². The smallest absolute Gasteiger partial charge is 0.189 e. The number of nitrogens with zero attached hydrogens (tertiary/aromatic N) is 3. The van der Waals surface area contributed by atoms with Crippen molar-refractivity contribution in [3.63, 3.8) is 0 Å². The predicted molar refractivity (Wildman–Crippen MR) is 101 cm³/mol. The summed E-state index contributed by atoms with van der Waals surface area (Å²) in [6.07, 6.45) is -4.50. The molecule has 0 bridgehead atoms. The van der Waals surface area contributed by atoms with Gasteiger partial charge in [-0.25, -0.2) is 0 Å². The summed E-state index contributed by atoms with van der Waals surface area (Å²) in [5, 5.41) is 4.71. The molecule has 1 aliphatic rings. The highest BCUT2D eigenvalue weighted by atomic mass is 35.5. The molecule has 150 valence electrons. The third kappa shape index (κ3) is 4.01. The minimum absolute atomic E-state index is 0.0974. The lowest BCUT2D eigenvalue weighted by Gasteiger charge is -2.20. The van der Waals surface area contributed by atoms with Crippen LogP contribution in [0.5, 0.6) is 0 Å². The molecule has 0 radical (unpaired) electrons. The second-order valence-electron chi connectivity index (χ2n) is 6.46. The second-order valence-corrected chi connectivity index (χ2v) is 8.95. The number of rotatable bonds is 4. The quantitative estimate of drug-likeness (QED) is 0.735. The van der Waals surface area contributed by atoms with Gasteiger partial charge in [-0.2, -0.15) is 35.4 Å². The molecule has 0 N–H and O–H groups in total. The Labute approximate surface area is 166 Å². The zero-order chi connectivity index (χ0) is 20.7. The van der Waals surface area contributed by atoms with Crippen molar-refractivity contribution in [2.24, 2.45) is 5.10 Å². The Balaban J connectivity index is 2.09. The summed E-state index contributed by atoms with van der Waals surface area (Å²) in [4.78, 5) is 0. The molecule has 2 aromatic rings. The number of hydrogen-bond donors (Lipinski definition) is 0. The third-order valence-electron chi connectivity index (χ3n) is 4.37. The highest BCUT2D eigenvalue weighted by Crippen LogP contribution is 2.35. The highest BCUT2D eigenvalue weighted by molar-refractivity contribution is 7.86. The number of hydrazone groups is 1. The Bertz CT molecular complexity index is 1010. The average Bonchev–Trinajstić information content (AvgIpc) is 3.08. The Morgan fingerprint density at radius 2 is 1.79 bits per heavy atom. The first-order chi connectivity index (χ1) is 13.0. The zero-order valence-corrected chi connectivity index (χ0v) is 16.6. The van der Waals surface area contributed by atoms with Gasteiger partial charge in [0.25, 0.3) is 0 Å². The Morgan fingerprint density at radius 3 is 2.36 bits per heavy atom. The van der Waals surface area contributed by atoms with Crippen molar-refractivity contribution in [1.82, 2.24) is 8.72 Å². The number of hydrogen-bond acceptors (Lipinski definition) is 3. The van der Waals surface area contributed by atoms with E-state index in [-0.39, 0.29) is 6.54 Å². The molecule has 1 atom stereocenters. The van der Waals surface area contributed by atoms with Crippen LogP contribution in [-0.4, -0.2) is 43.5 Å². The maximum atomic E-state index is 13.1. The van der Waals surface area contributed by atoms with E-state index in [1.807, 2.05) is 0 Å². The van der Waals surface area contributed by atoms with Crippen molar-refractivity contribution in [2.45, 2.75) is 12.1 Å². The van der Waals surface area contributed by atoms with E-state index in [0.717, 1.165) is 20.9 Å². The molecule has 0 fully saturated rings. The molecule has 0 amide bonds. The van der Waals surface area contributed by atoms with E-state index in [1.165, 1.54) is 26.2 Å². The molecule has 0 spiro atoms. The molecule has 0 aromatic heterocycles. The largest absolute Gasteiger partial charge is 0.416 e. The van der Waals surface area contributed by atoms with Crippen LogP contribution >= 0.6 is 11.6 Å². The van der Waals surface area contributed by atoms with Gasteiger partial charge in [-0.15, -0.1) is 0 Å². The van der Waals surface area contributed by atoms with Crippen molar-refractivity contribution >= 4 is 27.5 Å². The van der Waals surface area contributed by atoms with Crippen LogP contribution in [0.25, 0.3) is 0 Å². The molecule has 3 rings (SSSR count). The van der Waals surface area contributed by atoms with Crippen molar-refractivity contribution in [3.8, 4) is 0 Å². The summed E-state index contributed by atoms with van der Waals surface area (Å²) in [5.41, 5.74) is 0.485. The minimum Gasteiger partial charge on any atom is -0.189 e. The Morgan fingerprint density at radius 1 is 1.14 bits per heavy atom. The third-order valence-corrected chi connectivity index (χ3v) is 6.31. The van der Waals surface area contributed by atoms with Crippen LogP contribution in [0.4, 0.5) is 13.2 Å². The Kier molecular flexibility index (Phi) is 5.44. The van der Waals surface area contributed by atoms with Gasteiger partial charge in [0.1, 0.15) is 0 Å².